The lowest BCUT2D eigenvalue weighted by molar-refractivity contribution is -0.134. The maximum absolute atomic E-state index is 13.1. The summed E-state index contributed by atoms with van der Waals surface area (Å²) in [7, 11) is 0. The molecule has 4 rings (SSSR count). The summed E-state index contributed by atoms with van der Waals surface area (Å²) >= 11 is 0. The van der Waals surface area contributed by atoms with Crippen LogP contribution in [0.25, 0.3) is 0 Å². The lowest BCUT2D eigenvalue weighted by atomic mass is 9.97. The SMILES string of the molecule is Cc1cc(C)n([C@@H]2CCCN(C(=O)[C@@H]3CCc4ccccc43)C2)n1. The molecule has 0 unspecified atom stereocenters. The Morgan fingerprint density at radius 2 is 2.04 bits per heavy atom. The van der Waals surface area contributed by atoms with Gasteiger partial charge in [-0.2, -0.15) is 5.10 Å². The van der Waals surface area contributed by atoms with Crippen LogP contribution in [0.3, 0.4) is 0 Å². The highest BCUT2D eigenvalue weighted by Gasteiger charge is 2.34. The minimum atomic E-state index is 0.0559. The lowest BCUT2D eigenvalue weighted by Crippen LogP contribution is -2.43. The van der Waals surface area contributed by atoms with E-state index in [-0.39, 0.29) is 5.92 Å². The van der Waals surface area contributed by atoms with Gasteiger partial charge in [0.05, 0.1) is 17.7 Å². The number of hydrogen-bond donors (Lipinski definition) is 0. The maximum Gasteiger partial charge on any atom is 0.230 e. The third kappa shape index (κ3) is 2.64. The summed E-state index contributed by atoms with van der Waals surface area (Å²) in [6.45, 7) is 5.81. The van der Waals surface area contributed by atoms with Crippen molar-refractivity contribution in [1.29, 1.82) is 0 Å². The number of benzene rings is 1. The summed E-state index contributed by atoms with van der Waals surface area (Å²) in [6.07, 6.45) is 4.15. The number of fused-ring (bicyclic) bond motifs is 1. The zero-order chi connectivity index (χ0) is 16.7. The Kier molecular flexibility index (Phi) is 3.91. The number of hydrogen-bond acceptors (Lipinski definition) is 2. The number of aryl methyl sites for hydroxylation is 3. The highest BCUT2D eigenvalue weighted by atomic mass is 16.2. The minimum Gasteiger partial charge on any atom is -0.340 e. The van der Waals surface area contributed by atoms with E-state index < -0.39 is 0 Å². The van der Waals surface area contributed by atoms with Crippen LogP contribution in [0.1, 0.15) is 53.7 Å². The molecule has 24 heavy (non-hydrogen) atoms. The molecule has 126 valence electrons. The fourth-order valence-electron chi connectivity index (χ4n) is 4.40. The van der Waals surface area contributed by atoms with Crippen molar-refractivity contribution in [2.45, 2.75) is 51.5 Å². The number of carbonyl (C=O) groups is 1. The van der Waals surface area contributed by atoms with E-state index in [0.29, 0.717) is 11.9 Å². The standard InChI is InChI=1S/C20H25N3O/c1-14-12-15(2)23(21-14)17-7-5-11-22(13-17)20(24)19-10-9-16-6-3-4-8-18(16)19/h3-4,6,8,12,17,19H,5,7,9-11,13H2,1-2H3/t17-,19-/m1/s1. The van der Waals surface area contributed by atoms with Crippen LogP contribution in [0.15, 0.2) is 30.3 Å². The van der Waals surface area contributed by atoms with E-state index >= 15 is 0 Å². The molecule has 0 N–H and O–H groups in total. The van der Waals surface area contributed by atoms with Gasteiger partial charge in [-0.3, -0.25) is 9.48 Å². The normalized spacial score (nSPS) is 23.3. The third-order valence-electron chi connectivity index (χ3n) is 5.53. The van der Waals surface area contributed by atoms with Crippen molar-refractivity contribution in [3.8, 4) is 0 Å². The van der Waals surface area contributed by atoms with Crippen LogP contribution in [0.4, 0.5) is 0 Å². The number of piperidine rings is 1. The van der Waals surface area contributed by atoms with E-state index in [1.807, 2.05) is 6.92 Å². The monoisotopic (exact) mass is 323 g/mol. The highest BCUT2D eigenvalue weighted by molar-refractivity contribution is 5.85. The topological polar surface area (TPSA) is 38.1 Å². The molecule has 1 fully saturated rings. The summed E-state index contributed by atoms with van der Waals surface area (Å²) in [4.78, 5) is 15.2. The molecule has 4 nitrogen and oxygen atoms in total. The minimum absolute atomic E-state index is 0.0559. The Labute approximate surface area is 143 Å². The number of rotatable bonds is 2. The fourth-order valence-corrected chi connectivity index (χ4v) is 4.40. The molecule has 1 aliphatic heterocycles. The van der Waals surface area contributed by atoms with Gasteiger partial charge in [0, 0.05) is 18.8 Å². The molecule has 1 aliphatic carbocycles. The van der Waals surface area contributed by atoms with Gasteiger partial charge in [0.15, 0.2) is 0 Å². The van der Waals surface area contributed by atoms with Crippen molar-refractivity contribution in [3.63, 3.8) is 0 Å². The van der Waals surface area contributed by atoms with Crippen molar-refractivity contribution in [2.75, 3.05) is 13.1 Å². The second kappa shape index (κ2) is 6.08. The second-order valence-corrected chi connectivity index (χ2v) is 7.24. The number of carbonyl (C=O) groups excluding carboxylic acids is 1. The summed E-state index contributed by atoms with van der Waals surface area (Å²) in [5.41, 5.74) is 4.84. The van der Waals surface area contributed by atoms with Crippen molar-refractivity contribution in [2.24, 2.45) is 0 Å². The van der Waals surface area contributed by atoms with Gasteiger partial charge >= 0.3 is 0 Å². The first-order valence-corrected chi connectivity index (χ1v) is 9.03. The van der Waals surface area contributed by atoms with Crippen LogP contribution < -0.4 is 0 Å². The predicted octanol–water partition coefficient (Wildman–Crippen LogP) is 3.39. The Morgan fingerprint density at radius 3 is 2.83 bits per heavy atom. The van der Waals surface area contributed by atoms with Gasteiger partial charge in [-0.15, -0.1) is 0 Å². The fraction of sp³-hybridized carbons (Fsp3) is 0.500. The third-order valence-corrected chi connectivity index (χ3v) is 5.53. The van der Waals surface area contributed by atoms with E-state index in [9.17, 15) is 4.79 Å². The van der Waals surface area contributed by atoms with Gasteiger partial charge in [0.25, 0.3) is 0 Å². The molecule has 1 aromatic carbocycles. The van der Waals surface area contributed by atoms with Crippen LogP contribution in [0.2, 0.25) is 0 Å². The summed E-state index contributed by atoms with van der Waals surface area (Å²) in [6, 6.07) is 10.9. The first-order chi connectivity index (χ1) is 11.6. The Morgan fingerprint density at radius 1 is 1.21 bits per heavy atom. The number of aromatic nitrogens is 2. The smallest absolute Gasteiger partial charge is 0.230 e. The Bertz CT molecular complexity index is 764. The van der Waals surface area contributed by atoms with E-state index in [1.165, 1.54) is 16.8 Å². The largest absolute Gasteiger partial charge is 0.340 e. The van der Waals surface area contributed by atoms with Gasteiger partial charge in [0.1, 0.15) is 0 Å². The molecule has 2 aliphatic rings. The highest BCUT2D eigenvalue weighted by Crippen LogP contribution is 2.35. The van der Waals surface area contributed by atoms with E-state index in [4.69, 9.17) is 0 Å². The van der Waals surface area contributed by atoms with Crippen LogP contribution in [0, 0.1) is 13.8 Å². The van der Waals surface area contributed by atoms with Gasteiger partial charge in [0.2, 0.25) is 5.91 Å². The molecule has 1 amide bonds. The average Bonchev–Trinajstić information content (AvgIpc) is 3.17. The van der Waals surface area contributed by atoms with E-state index in [2.05, 4.69) is 51.9 Å². The lowest BCUT2D eigenvalue weighted by Gasteiger charge is -2.35. The van der Waals surface area contributed by atoms with Crippen LogP contribution in [0.5, 0.6) is 0 Å². The molecule has 0 spiro atoms. The van der Waals surface area contributed by atoms with Crippen LogP contribution in [-0.4, -0.2) is 33.7 Å². The van der Waals surface area contributed by atoms with Crippen molar-refractivity contribution < 1.29 is 4.79 Å². The zero-order valence-electron chi connectivity index (χ0n) is 14.5. The summed E-state index contributed by atoms with van der Waals surface area (Å²) < 4.78 is 2.12. The molecule has 1 aromatic heterocycles. The number of likely N-dealkylation sites (tertiary alicyclic amines) is 1. The number of amides is 1. The molecule has 2 heterocycles. The van der Waals surface area contributed by atoms with Crippen LogP contribution >= 0.6 is 0 Å². The molecule has 2 aromatic rings. The van der Waals surface area contributed by atoms with Crippen molar-refractivity contribution >= 4 is 5.91 Å². The molecule has 2 atom stereocenters. The van der Waals surface area contributed by atoms with Gasteiger partial charge in [-0.05, 0) is 56.7 Å². The van der Waals surface area contributed by atoms with Crippen LogP contribution in [-0.2, 0) is 11.2 Å². The van der Waals surface area contributed by atoms with E-state index in [1.54, 1.807) is 0 Å². The quantitative estimate of drug-likeness (QED) is 0.849. The molecule has 0 saturated carbocycles. The first kappa shape index (κ1) is 15.4. The Hall–Kier alpha value is -2.10. The maximum atomic E-state index is 13.1. The molecule has 1 saturated heterocycles. The molecule has 0 radical (unpaired) electrons. The predicted molar refractivity (Wildman–Crippen MR) is 94.1 cm³/mol. The second-order valence-electron chi connectivity index (χ2n) is 7.24. The van der Waals surface area contributed by atoms with Gasteiger partial charge in [-0.1, -0.05) is 24.3 Å². The first-order valence-electron chi connectivity index (χ1n) is 9.03. The van der Waals surface area contributed by atoms with Crippen molar-refractivity contribution in [1.82, 2.24) is 14.7 Å². The van der Waals surface area contributed by atoms with Gasteiger partial charge in [-0.25, -0.2) is 0 Å². The summed E-state index contributed by atoms with van der Waals surface area (Å²) in [5, 5.41) is 4.64. The van der Waals surface area contributed by atoms with Gasteiger partial charge < -0.3 is 4.90 Å². The molecular weight excluding hydrogens is 298 g/mol. The van der Waals surface area contributed by atoms with Crippen molar-refractivity contribution in [3.05, 3.63) is 52.8 Å². The number of nitrogens with zero attached hydrogens (tertiary/aromatic N) is 3. The molecular formula is C20H25N3O. The van der Waals surface area contributed by atoms with E-state index in [0.717, 1.165) is 44.5 Å². The molecule has 4 heteroatoms. The molecule has 0 bridgehead atoms. The zero-order valence-corrected chi connectivity index (χ0v) is 14.5. The Balaban J connectivity index is 1.52. The average molecular weight is 323 g/mol. The summed E-state index contributed by atoms with van der Waals surface area (Å²) in [5.74, 6) is 0.367.